The highest BCUT2D eigenvalue weighted by atomic mass is 32.2. The molecule has 2 aromatic carbocycles. The number of rotatable bonds is 6. The number of thiophene rings is 1. The predicted octanol–water partition coefficient (Wildman–Crippen LogP) is 7.59. The quantitative estimate of drug-likeness (QED) is 0.274. The first-order chi connectivity index (χ1) is 16.9. The summed E-state index contributed by atoms with van der Waals surface area (Å²) < 4.78 is 12.0. The van der Waals surface area contributed by atoms with Gasteiger partial charge in [0.2, 0.25) is 0 Å². The SMILES string of the molecule is CC(C)(C)OC(=O)n1cc(CN2CCC(c3cccc(NSc4cccs4)c3)C2)c2ccccc21. The van der Waals surface area contributed by atoms with Crippen molar-refractivity contribution in [1.82, 2.24) is 9.47 Å². The summed E-state index contributed by atoms with van der Waals surface area (Å²) >= 11 is 3.40. The molecule has 5 rings (SSSR count). The summed E-state index contributed by atoms with van der Waals surface area (Å²) in [6.07, 6.45) is 2.76. The van der Waals surface area contributed by atoms with Gasteiger partial charge in [-0.15, -0.1) is 11.3 Å². The lowest BCUT2D eigenvalue weighted by Gasteiger charge is -2.19. The Morgan fingerprint density at radius 1 is 1.14 bits per heavy atom. The van der Waals surface area contributed by atoms with E-state index in [1.54, 1.807) is 27.9 Å². The Kier molecular flexibility index (Phi) is 6.91. The van der Waals surface area contributed by atoms with Crippen LogP contribution in [0.5, 0.6) is 0 Å². The van der Waals surface area contributed by atoms with Crippen LogP contribution >= 0.6 is 23.3 Å². The topological polar surface area (TPSA) is 46.5 Å². The Balaban J connectivity index is 1.28. The molecule has 35 heavy (non-hydrogen) atoms. The largest absolute Gasteiger partial charge is 0.443 e. The van der Waals surface area contributed by atoms with E-state index in [0.717, 1.165) is 48.2 Å². The molecule has 1 fully saturated rings. The van der Waals surface area contributed by atoms with E-state index >= 15 is 0 Å². The van der Waals surface area contributed by atoms with E-state index in [1.165, 1.54) is 9.77 Å². The molecule has 4 aromatic rings. The van der Waals surface area contributed by atoms with Gasteiger partial charge in [-0.3, -0.25) is 9.47 Å². The lowest BCUT2D eigenvalue weighted by Crippen LogP contribution is -2.26. The molecule has 0 bridgehead atoms. The third-order valence-corrected chi connectivity index (χ3v) is 8.05. The van der Waals surface area contributed by atoms with Crippen molar-refractivity contribution < 1.29 is 9.53 Å². The number of nitrogens with zero attached hydrogens (tertiary/aromatic N) is 2. The lowest BCUT2D eigenvalue weighted by atomic mass is 9.98. The molecular weight excluding hydrogens is 474 g/mol. The van der Waals surface area contributed by atoms with Gasteiger partial charge in [-0.25, -0.2) is 4.79 Å². The van der Waals surface area contributed by atoms with Crippen LogP contribution in [0.4, 0.5) is 10.5 Å². The van der Waals surface area contributed by atoms with Gasteiger partial charge in [0, 0.05) is 30.4 Å². The van der Waals surface area contributed by atoms with Crippen molar-refractivity contribution in [1.29, 1.82) is 0 Å². The first-order valence-electron chi connectivity index (χ1n) is 12.0. The first kappa shape index (κ1) is 24.0. The predicted molar refractivity (Wildman–Crippen MR) is 146 cm³/mol. The highest BCUT2D eigenvalue weighted by Crippen LogP contribution is 2.33. The number of carbonyl (C=O) groups excluding carboxylic acids is 1. The molecule has 5 nitrogen and oxygen atoms in total. The number of anilines is 1. The summed E-state index contributed by atoms with van der Waals surface area (Å²) in [7, 11) is 0. The first-order valence-corrected chi connectivity index (χ1v) is 13.7. The second-order valence-electron chi connectivity index (χ2n) is 10.0. The Bertz CT molecular complexity index is 1310. The molecule has 0 radical (unpaired) electrons. The number of likely N-dealkylation sites (tertiary alicyclic amines) is 1. The van der Waals surface area contributed by atoms with E-state index < -0.39 is 5.60 Å². The van der Waals surface area contributed by atoms with Crippen LogP contribution in [-0.2, 0) is 11.3 Å². The van der Waals surface area contributed by atoms with E-state index in [0.29, 0.717) is 5.92 Å². The molecule has 2 aromatic heterocycles. The third-order valence-electron chi connectivity index (χ3n) is 6.17. The molecule has 7 heteroatoms. The average molecular weight is 506 g/mol. The summed E-state index contributed by atoms with van der Waals surface area (Å²) in [5.74, 6) is 0.502. The van der Waals surface area contributed by atoms with Crippen LogP contribution in [0.2, 0.25) is 0 Å². The van der Waals surface area contributed by atoms with E-state index in [9.17, 15) is 4.79 Å². The molecule has 1 N–H and O–H groups in total. The number of nitrogens with one attached hydrogen (secondary N) is 1. The van der Waals surface area contributed by atoms with Crippen molar-refractivity contribution in [3.63, 3.8) is 0 Å². The van der Waals surface area contributed by atoms with Gasteiger partial charge >= 0.3 is 6.09 Å². The Hall–Kier alpha value is -2.74. The monoisotopic (exact) mass is 505 g/mol. The van der Waals surface area contributed by atoms with Crippen molar-refractivity contribution in [2.75, 3.05) is 17.8 Å². The average Bonchev–Trinajstić information content (AvgIpc) is 3.58. The minimum Gasteiger partial charge on any atom is -0.443 e. The van der Waals surface area contributed by atoms with Gasteiger partial charge in [-0.2, -0.15) is 0 Å². The highest BCUT2D eigenvalue weighted by Gasteiger charge is 2.26. The van der Waals surface area contributed by atoms with Crippen molar-refractivity contribution >= 4 is 46.0 Å². The van der Waals surface area contributed by atoms with Gasteiger partial charge in [0.1, 0.15) is 5.60 Å². The highest BCUT2D eigenvalue weighted by molar-refractivity contribution is 8.02. The lowest BCUT2D eigenvalue weighted by molar-refractivity contribution is 0.0544. The van der Waals surface area contributed by atoms with Crippen molar-refractivity contribution in [3.05, 3.63) is 83.4 Å². The number of aromatic nitrogens is 1. The van der Waals surface area contributed by atoms with Crippen molar-refractivity contribution in [3.8, 4) is 0 Å². The van der Waals surface area contributed by atoms with E-state index in [4.69, 9.17) is 4.74 Å². The van der Waals surface area contributed by atoms with Crippen molar-refractivity contribution in [2.24, 2.45) is 0 Å². The number of para-hydroxylation sites is 1. The van der Waals surface area contributed by atoms with Crippen LogP contribution in [0.15, 0.2) is 76.4 Å². The maximum absolute atomic E-state index is 12.8. The van der Waals surface area contributed by atoms with Gasteiger partial charge in [0.25, 0.3) is 0 Å². The number of hydrogen-bond donors (Lipinski definition) is 1. The summed E-state index contributed by atoms with van der Waals surface area (Å²) in [5, 5.41) is 3.21. The van der Waals surface area contributed by atoms with Gasteiger partial charge < -0.3 is 9.46 Å². The molecule has 1 aliphatic rings. The Morgan fingerprint density at radius 3 is 2.80 bits per heavy atom. The summed E-state index contributed by atoms with van der Waals surface area (Å²) in [6, 6.07) is 21.1. The van der Waals surface area contributed by atoms with Gasteiger partial charge in [-0.05, 0) is 92.4 Å². The van der Waals surface area contributed by atoms with Crippen LogP contribution < -0.4 is 4.72 Å². The van der Waals surface area contributed by atoms with Gasteiger partial charge in [0.05, 0.1) is 9.73 Å². The van der Waals surface area contributed by atoms with Crippen LogP contribution in [0, 0.1) is 0 Å². The fraction of sp³-hybridized carbons (Fsp3) is 0.321. The van der Waals surface area contributed by atoms with E-state index in [2.05, 4.69) is 57.5 Å². The molecule has 3 heterocycles. The standard InChI is InChI=1S/C28H31N3O2S2/c1-28(2,3)33-27(32)31-19-22(24-10-4-5-11-25(24)31)18-30-14-13-21(17-30)20-8-6-9-23(16-20)29-35-26-12-7-15-34-26/h4-12,15-16,19,21,29H,13-14,17-18H2,1-3H3. The molecule has 1 unspecified atom stereocenters. The Labute approximate surface area is 215 Å². The summed E-state index contributed by atoms with van der Waals surface area (Å²) in [5.41, 5.74) is 4.04. The van der Waals surface area contributed by atoms with Gasteiger partial charge in [0.15, 0.2) is 0 Å². The minimum atomic E-state index is -0.531. The molecule has 182 valence electrons. The normalized spacial score (nSPS) is 16.6. The number of fused-ring (bicyclic) bond motifs is 1. The molecule has 1 aliphatic heterocycles. The number of carbonyl (C=O) groups is 1. The van der Waals surface area contributed by atoms with E-state index in [1.807, 2.05) is 45.2 Å². The molecule has 0 spiro atoms. The van der Waals surface area contributed by atoms with Crippen molar-refractivity contribution in [2.45, 2.75) is 49.5 Å². The van der Waals surface area contributed by atoms with Crippen LogP contribution in [0.1, 0.15) is 44.2 Å². The molecule has 0 aliphatic carbocycles. The molecular formula is C28H31N3O2S2. The third kappa shape index (κ3) is 5.74. The molecule has 1 atom stereocenters. The summed E-state index contributed by atoms with van der Waals surface area (Å²) in [6.45, 7) is 8.55. The van der Waals surface area contributed by atoms with Crippen LogP contribution in [-0.4, -0.2) is 34.3 Å². The van der Waals surface area contributed by atoms with Gasteiger partial charge in [-0.1, -0.05) is 36.4 Å². The Morgan fingerprint density at radius 2 is 2.00 bits per heavy atom. The molecule has 1 saturated heterocycles. The maximum Gasteiger partial charge on any atom is 0.419 e. The summed E-state index contributed by atoms with van der Waals surface area (Å²) in [4.78, 5) is 15.3. The fourth-order valence-electron chi connectivity index (χ4n) is 4.61. The zero-order chi connectivity index (χ0) is 24.4. The second kappa shape index (κ2) is 10.1. The number of ether oxygens (including phenoxy) is 1. The van der Waals surface area contributed by atoms with Crippen LogP contribution in [0.25, 0.3) is 10.9 Å². The minimum absolute atomic E-state index is 0.330. The number of hydrogen-bond acceptors (Lipinski definition) is 6. The van der Waals surface area contributed by atoms with Crippen LogP contribution in [0.3, 0.4) is 0 Å². The zero-order valence-corrected chi connectivity index (χ0v) is 22.0. The fourth-order valence-corrected chi connectivity index (χ4v) is 6.04. The zero-order valence-electron chi connectivity index (χ0n) is 20.4. The number of benzene rings is 2. The maximum atomic E-state index is 12.8. The molecule has 0 amide bonds. The molecule has 0 saturated carbocycles. The van der Waals surface area contributed by atoms with E-state index in [-0.39, 0.29) is 6.09 Å². The smallest absolute Gasteiger partial charge is 0.419 e. The second-order valence-corrected chi connectivity index (χ2v) is 12.1.